The number of rotatable bonds is 3. The number of hydrogen-bond donors (Lipinski definition) is 2. The molecule has 130 valence electrons. The van der Waals surface area contributed by atoms with Gasteiger partial charge in [-0.15, -0.1) is 0 Å². The number of benzene rings is 2. The maximum atomic E-state index is 13.9. The minimum Gasteiger partial charge on any atom is -0.478 e. The smallest absolute Gasteiger partial charge is 0.335 e. The maximum absolute atomic E-state index is 13.9. The number of carbonyl (C=O) groups is 1. The number of aromatic nitrogens is 1. The Kier molecular flexibility index (Phi) is 3.65. The number of aromatic carboxylic acids is 1. The molecule has 0 aliphatic rings. The molecule has 4 nitrogen and oxygen atoms in total. The van der Waals surface area contributed by atoms with Crippen molar-refractivity contribution in [1.29, 1.82) is 0 Å². The summed E-state index contributed by atoms with van der Waals surface area (Å²) >= 11 is 0. The zero-order chi connectivity index (χ0) is 18.4. The van der Waals surface area contributed by atoms with Crippen molar-refractivity contribution in [2.75, 3.05) is 0 Å². The van der Waals surface area contributed by atoms with Crippen molar-refractivity contribution >= 4 is 16.9 Å². The number of fused-ring (bicyclic) bond motifs is 1. The van der Waals surface area contributed by atoms with Crippen molar-refractivity contribution in [1.82, 2.24) is 4.98 Å². The van der Waals surface area contributed by atoms with Gasteiger partial charge < -0.3 is 14.5 Å². The summed E-state index contributed by atoms with van der Waals surface area (Å²) in [7, 11) is 0. The van der Waals surface area contributed by atoms with Crippen LogP contribution in [0.5, 0.6) is 0 Å². The molecule has 5 heteroatoms. The number of halogens is 1. The second-order valence-electron chi connectivity index (χ2n) is 6.32. The average molecular weight is 349 g/mol. The van der Waals surface area contributed by atoms with Gasteiger partial charge in [-0.1, -0.05) is 12.1 Å². The summed E-state index contributed by atoms with van der Waals surface area (Å²) in [6.07, 6.45) is 0. The fraction of sp³-hybridized carbons (Fsp3) is 0.0952. The Morgan fingerprint density at radius 1 is 1.04 bits per heavy atom. The summed E-state index contributed by atoms with van der Waals surface area (Å²) < 4.78 is 19.9. The van der Waals surface area contributed by atoms with Gasteiger partial charge in [0.15, 0.2) is 5.76 Å². The van der Waals surface area contributed by atoms with E-state index in [0.29, 0.717) is 16.9 Å². The van der Waals surface area contributed by atoms with Crippen LogP contribution in [-0.2, 0) is 0 Å². The van der Waals surface area contributed by atoms with Crippen LogP contribution in [0.15, 0.2) is 52.9 Å². The van der Waals surface area contributed by atoms with Crippen molar-refractivity contribution in [3.63, 3.8) is 0 Å². The van der Waals surface area contributed by atoms with Gasteiger partial charge in [-0.05, 0) is 66.9 Å². The largest absolute Gasteiger partial charge is 0.478 e. The van der Waals surface area contributed by atoms with Gasteiger partial charge in [-0.25, -0.2) is 9.18 Å². The van der Waals surface area contributed by atoms with E-state index in [4.69, 9.17) is 9.52 Å². The lowest BCUT2D eigenvalue weighted by atomic mass is 10.1. The van der Waals surface area contributed by atoms with Crippen LogP contribution >= 0.6 is 0 Å². The third-order valence-electron chi connectivity index (χ3n) is 4.59. The summed E-state index contributed by atoms with van der Waals surface area (Å²) in [5, 5.41) is 9.75. The van der Waals surface area contributed by atoms with Crippen molar-refractivity contribution in [3.05, 3.63) is 71.0 Å². The highest BCUT2D eigenvalue weighted by Gasteiger charge is 2.15. The number of aromatic amines is 1. The van der Waals surface area contributed by atoms with Crippen LogP contribution in [0, 0.1) is 19.7 Å². The van der Waals surface area contributed by atoms with E-state index in [-0.39, 0.29) is 11.4 Å². The molecule has 0 atom stereocenters. The monoisotopic (exact) mass is 349 g/mol. The molecule has 0 saturated heterocycles. The Balaban J connectivity index is 1.74. The summed E-state index contributed by atoms with van der Waals surface area (Å²) in [4.78, 5) is 14.2. The lowest BCUT2D eigenvalue weighted by Gasteiger charge is -2.00. The highest BCUT2D eigenvalue weighted by atomic mass is 19.1. The van der Waals surface area contributed by atoms with Crippen LogP contribution in [0.25, 0.3) is 33.7 Å². The Hall–Kier alpha value is -3.34. The number of aryl methyl sites for hydroxylation is 2. The lowest BCUT2D eigenvalue weighted by Crippen LogP contribution is -1.94. The molecule has 0 radical (unpaired) electrons. The third-order valence-corrected chi connectivity index (χ3v) is 4.59. The number of carboxylic acid groups (broad SMARTS) is 1. The standard InChI is InChI=1S/C21H16FNO3/c1-11-9-16(22)12(2)15-10-19(26-20(11)15)18-8-7-17(23-18)13-3-5-14(6-4-13)21(24)25/h3-10,23H,1-2H3,(H,24,25). The Labute approximate surface area is 148 Å². The predicted octanol–water partition coefficient (Wildman–Crippen LogP) is 5.55. The van der Waals surface area contributed by atoms with Crippen molar-refractivity contribution < 1.29 is 18.7 Å². The fourth-order valence-electron chi connectivity index (χ4n) is 3.09. The molecule has 2 aromatic heterocycles. The highest BCUT2D eigenvalue weighted by Crippen LogP contribution is 2.33. The zero-order valence-corrected chi connectivity index (χ0v) is 14.3. The van der Waals surface area contributed by atoms with E-state index >= 15 is 0 Å². The van der Waals surface area contributed by atoms with Gasteiger partial charge in [0.1, 0.15) is 11.4 Å². The topological polar surface area (TPSA) is 66.2 Å². The highest BCUT2D eigenvalue weighted by molar-refractivity contribution is 5.89. The molecule has 2 aromatic carbocycles. The van der Waals surface area contributed by atoms with Crippen LogP contribution in [-0.4, -0.2) is 16.1 Å². The summed E-state index contributed by atoms with van der Waals surface area (Å²) in [6.45, 7) is 3.56. The fourth-order valence-corrected chi connectivity index (χ4v) is 3.09. The Bertz CT molecular complexity index is 1140. The van der Waals surface area contributed by atoms with Gasteiger partial charge in [0.05, 0.1) is 11.3 Å². The van der Waals surface area contributed by atoms with E-state index in [1.807, 2.05) is 25.1 Å². The van der Waals surface area contributed by atoms with Crippen molar-refractivity contribution in [2.24, 2.45) is 0 Å². The molecule has 0 unspecified atom stereocenters. The summed E-state index contributed by atoms with van der Waals surface area (Å²) in [5.74, 6) is -0.567. The second-order valence-corrected chi connectivity index (χ2v) is 6.32. The molecule has 2 heterocycles. The minimum absolute atomic E-state index is 0.241. The van der Waals surface area contributed by atoms with Gasteiger partial charge in [0.2, 0.25) is 0 Å². The molecular formula is C21H16FNO3. The molecule has 4 rings (SSSR count). The Morgan fingerprint density at radius 2 is 1.73 bits per heavy atom. The molecule has 26 heavy (non-hydrogen) atoms. The first kappa shape index (κ1) is 16.1. The quantitative estimate of drug-likeness (QED) is 0.510. The van der Waals surface area contributed by atoms with E-state index in [9.17, 15) is 9.18 Å². The zero-order valence-electron chi connectivity index (χ0n) is 14.3. The van der Waals surface area contributed by atoms with Crippen LogP contribution in [0.2, 0.25) is 0 Å². The van der Waals surface area contributed by atoms with Crippen LogP contribution in [0.4, 0.5) is 4.39 Å². The molecule has 0 aliphatic heterocycles. The van der Waals surface area contributed by atoms with Crippen molar-refractivity contribution in [3.8, 4) is 22.7 Å². The third kappa shape index (κ3) is 2.58. The van der Waals surface area contributed by atoms with E-state index in [1.165, 1.54) is 6.07 Å². The molecule has 0 aliphatic carbocycles. The first-order valence-electron chi connectivity index (χ1n) is 8.16. The van der Waals surface area contributed by atoms with E-state index < -0.39 is 5.97 Å². The van der Waals surface area contributed by atoms with Crippen molar-refractivity contribution in [2.45, 2.75) is 13.8 Å². The molecule has 0 fully saturated rings. The minimum atomic E-state index is -0.955. The van der Waals surface area contributed by atoms with Gasteiger partial charge in [0.25, 0.3) is 0 Å². The molecular weight excluding hydrogens is 333 g/mol. The van der Waals surface area contributed by atoms with Crippen LogP contribution < -0.4 is 0 Å². The van der Waals surface area contributed by atoms with E-state index in [0.717, 1.165) is 27.9 Å². The van der Waals surface area contributed by atoms with Gasteiger partial charge >= 0.3 is 5.97 Å². The molecule has 2 N–H and O–H groups in total. The SMILES string of the molecule is Cc1c(F)cc(C)c2oc(-c3ccc(-c4ccc(C(=O)O)cc4)[nH]3)cc12. The average Bonchev–Trinajstić information content (AvgIpc) is 3.27. The second kappa shape index (κ2) is 5.88. The maximum Gasteiger partial charge on any atom is 0.335 e. The molecule has 0 bridgehead atoms. The number of furan rings is 1. The van der Waals surface area contributed by atoms with Crippen LogP contribution in [0.3, 0.4) is 0 Å². The number of hydrogen-bond acceptors (Lipinski definition) is 2. The lowest BCUT2D eigenvalue weighted by molar-refractivity contribution is 0.0697. The van der Waals surface area contributed by atoms with Gasteiger partial charge in [-0.2, -0.15) is 0 Å². The van der Waals surface area contributed by atoms with Crippen LogP contribution in [0.1, 0.15) is 21.5 Å². The normalized spacial score (nSPS) is 11.2. The summed E-state index contributed by atoms with van der Waals surface area (Å²) in [5.41, 5.74) is 4.74. The number of nitrogens with one attached hydrogen (secondary N) is 1. The Morgan fingerprint density at radius 3 is 2.42 bits per heavy atom. The summed E-state index contributed by atoms with van der Waals surface area (Å²) in [6, 6.07) is 13.7. The number of H-pyrrole nitrogens is 1. The van der Waals surface area contributed by atoms with Gasteiger partial charge in [-0.3, -0.25) is 0 Å². The van der Waals surface area contributed by atoms with Gasteiger partial charge in [0, 0.05) is 11.1 Å². The predicted molar refractivity (Wildman–Crippen MR) is 97.8 cm³/mol. The van der Waals surface area contributed by atoms with E-state index in [1.54, 1.807) is 31.2 Å². The molecule has 0 saturated carbocycles. The first-order valence-corrected chi connectivity index (χ1v) is 8.16. The molecule has 0 spiro atoms. The number of carboxylic acids is 1. The molecule has 0 amide bonds. The van der Waals surface area contributed by atoms with E-state index in [2.05, 4.69) is 4.98 Å². The molecule has 4 aromatic rings. The first-order chi connectivity index (χ1) is 12.4.